The third-order valence-electron chi connectivity index (χ3n) is 2.77. The van der Waals surface area contributed by atoms with Crippen molar-refractivity contribution in [3.05, 3.63) is 16.4 Å². The molecule has 1 fully saturated rings. The number of nitrogens with one attached hydrogen (secondary N) is 1. The summed E-state index contributed by atoms with van der Waals surface area (Å²) in [6.07, 6.45) is 1.68. The number of hydrogen-bond acceptors (Lipinski definition) is 7. The first kappa shape index (κ1) is 12.0. The number of anilines is 2. The van der Waals surface area contributed by atoms with Gasteiger partial charge in [-0.1, -0.05) is 0 Å². The molecule has 1 unspecified atom stereocenters. The lowest BCUT2D eigenvalue weighted by molar-refractivity contribution is -0.383. The fourth-order valence-corrected chi connectivity index (χ4v) is 1.80. The highest BCUT2D eigenvalue weighted by atomic mass is 16.6. The fraction of sp³-hybridized carbons (Fsp3) is 0.444. The molecule has 9 heteroatoms. The zero-order valence-electron chi connectivity index (χ0n) is 9.66. The predicted molar refractivity (Wildman–Crippen MR) is 62.8 cm³/mol. The van der Waals surface area contributed by atoms with Crippen LogP contribution in [0.25, 0.3) is 0 Å². The van der Waals surface area contributed by atoms with Crippen LogP contribution in [0, 0.1) is 10.1 Å². The number of nitrogens with zero attached hydrogens (tertiary/aromatic N) is 4. The zero-order chi connectivity index (χ0) is 13.3. The lowest BCUT2D eigenvalue weighted by atomic mass is 10.2. The average Bonchev–Trinajstić information content (AvgIpc) is 2.60. The van der Waals surface area contributed by atoms with Crippen LogP contribution >= 0.6 is 0 Å². The maximum Gasteiger partial charge on any atom is 0.353 e. The minimum absolute atomic E-state index is 0.0267. The quantitative estimate of drug-likeness (QED) is 0.553. The molecular weight excluding hydrogens is 240 g/mol. The summed E-state index contributed by atoms with van der Waals surface area (Å²) in [5, 5.41) is 13.6. The zero-order valence-corrected chi connectivity index (χ0v) is 9.66. The van der Waals surface area contributed by atoms with Crippen molar-refractivity contribution in [2.45, 2.75) is 12.5 Å². The molecule has 1 aromatic heterocycles. The highest BCUT2D eigenvalue weighted by Gasteiger charge is 2.32. The molecule has 2 heterocycles. The molecular formula is C9H12N6O3. The number of likely N-dealkylation sites (N-methyl/N-ethyl adjacent to an activating group) is 1. The number of nitrogen functional groups attached to an aromatic ring is 1. The van der Waals surface area contributed by atoms with Crippen LogP contribution in [0.1, 0.15) is 6.42 Å². The van der Waals surface area contributed by atoms with E-state index in [-0.39, 0.29) is 17.5 Å². The largest absolute Gasteiger partial charge is 0.378 e. The summed E-state index contributed by atoms with van der Waals surface area (Å²) < 4.78 is 0. The van der Waals surface area contributed by atoms with E-state index in [1.54, 1.807) is 11.9 Å². The summed E-state index contributed by atoms with van der Waals surface area (Å²) in [7, 11) is 1.67. The molecule has 96 valence electrons. The van der Waals surface area contributed by atoms with Gasteiger partial charge in [0.1, 0.15) is 12.4 Å². The minimum Gasteiger partial charge on any atom is -0.378 e. The third kappa shape index (κ3) is 2.01. The number of carbonyl (C=O) groups excluding carboxylic acids is 1. The molecule has 1 aliphatic heterocycles. The van der Waals surface area contributed by atoms with Crippen molar-refractivity contribution in [3.8, 4) is 0 Å². The second-order valence-corrected chi connectivity index (χ2v) is 3.96. The van der Waals surface area contributed by atoms with E-state index in [1.807, 2.05) is 0 Å². The monoisotopic (exact) mass is 252 g/mol. The molecule has 1 atom stereocenters. The molecule has 0 spiro atoms. The summed E-state index contributed by atoms with van der Waals surface area (Å²) in [6.45, 7) is 0.602. The molecule has 1 amide bonds. The molecule has 0 aliphatic carbocycles. The maximum atomic E-state index is 11.7. The molecule has 3 N–H and O–H groups in total. The Hall–Kier alpha value is -2.45. The maximum absolute atomic E-state index is 11.7. The molecule has 1 aliphatic rings. The Kier molecular flexibility index (Phi) is 2.96. The smallest absolute Gasteiger partial charge is 0.353 e. The second-order valence-electron chi connectivity index (χ2n) is 3.96. The molecule has 0 aromatic carbocycles. The van der Waals surface area contributed by atoms with Gasteiger partial charge in [0.25, 0.3) is 0 Å². The van der Waals surface area contributed by atoms with Gasteiger partial charge in [-0.15, -0.1) is 0 Å². The van der Waals surface area contributed by atoms with Crippen molar-refractivity contribution in [3.63, 3.8) is 0 Å². The highest BCUT2D eigenvalue weighted by molar-refractivity contribution is 5.87. The van der Waals surface area contributed by atoms with Crippen LogP contribution in [-0.2, 0) is 4.79 Å². The van der Waals surface area contributed by atoms with Crippen molar-refractivity contribution in [2.24, 2.45) is 0 Å². The Bertz CT molecular complexity index is 505. The van der Waals surface area contributed by atoms with Crippen LogP contribution in [0.3, 0.4) is 0 Å². The van der Waals surface area contributed by atoms with Gasteiger partial charge in [0.2, 0.25) is 17.5 Å². The Morgan fingerprint density at radius 1 is 1.61 bits per heavy atom. The van der Waals surface area contributed by atoms with Crippen molar-refractivity contribution in [2.75, 3.05) is 24.6 Å². The van der Waals surface area contributed by atoms with Gasteiger partial charge in [0, 0.05) is 13.6 Å². The van der Waals surface area contributed by atoms with E-state index in [1.165, 1.54) is 0 Å². The van der Waals surface area contributed by atoms with Gasteiger partial charge in [0.05, 0.1) is 4.92 Å². The third-order valence-corrected chi connectivity index (χ3v) is 2.77. The van der Waals surface area contributed by atoms with Crippen LogP contribution in [0.2, 0.25) is 0 Å². The first-order valence-electron chi connectivity index (χ1n) is 5.27. The number of rotatable bonds is 3. The van der Waals surface area contributed by atoms with Crippen LogP contribution in [0.4, 0.5) is 17.3 Å². The summed E-state index contributed by atoms with van der Waals surface area (Å²) >= 11 is 0. The normalized spacial score (nSPS) is 19.1. The van der Waals surface area contributed by atoms with E-state index in [0.29, 0.717) is 13.0 Å². The van der Waals surface area contributed by atoms with E-state index in [2.05, 4.69) is 15.3 Å². The van der Waals surface area contributed by atoms with Gasteiger partial charge >= 0.3 is 5.69 Å². The summed E-state index contributed by atoms with van der Waals surface area (Å²) in [5.74, 6) is -0.376. The van der Waals surface area contributed by atoms with Crippen LogP contribution in [0.15, 0.2) is 6.33 Å². The lowest BCUT2D eigenvalue weighted by Gasteiger charge is -2.12. The average molecular weight is 252 g/mol. The molecule has 18 heavy (non-hydrogen) atoms. The van der Waals surface area contributed by atoms with Crippen LogP contribution < -0.4 is 11.1 Å². The Labute approximate surface area is 102 Å². The van der Waals surface area contributed by atoms with Crippen LogP contribution in [0.5, 0.6) is 0 Å². The van der Waals surface area contributed by atoms with Gasteiger partial charge in [-0.05, 0) is 6.42 Å². The first-order valence-corrected chi connectivity index (χ1v) is 5.27. The standard InChI is InChI=1S/C9H12N6O3/c1-14-3-2-5(9(14)16)13-8-6(15(17)18)7(10)11-4-12-8/h4-5H,2-3H2,1H3,(H3,10,11,12,13). The lowest BCUT2D eigenvalue weighted by Crippen LogP contribution is -2.31. The SMILES string of the molecule is CN1CCC(Nc2ncnc(N)c2[N+](=O)[O-])C1=O. The number of hydrogen-bond donors (Lipinski definition) is 2. The Balaban J connectivity index is 2.27. The number of aromatic nitrogens is 2. The van der Waals surface area contributed by atoms with Crippen molar-refractivity contribution in [1.29, 1.82) is 0 Å². The van der Waals surface area contributed by atoms with Crippen molar-refractivity contribution < 1.29 is 9.72 Å². The van der Waals surface area contributed by atoms with Crippen LogP contribution in [-0.4, -0.2) is 45.3 Å². The summed E-state index contributed by atoms with van der Waals surface area (Å²) in [4.78, 5) is 30.8. The molecule has 0 saturated carbocycles. The minimum atomic E-state index is -0.666. The Morgan fingerprint density at radius 2 is 2.33 bits per heavy atom. The molecule has 0 bridgehead atoms. The molecule has 9 nitrogen and oxygen atoms in total. The van der Waals surface area contributed by atoms with E-state index < -0.39 is 16.7 Å². The number of nitro groups is 1. The number of nitrogens with two attached hydrogens (primary N) is 1. The van der Waals surface area contributed by atoms with Gasteiger partial charge in [0.15, 0.2) is 0 Å². The van der Waals surface area contributed by atoms with E-state index in [9.17, 15) is 14.9 Å². The van der Waals surface area contributed by atoms with Gasteiger partial charge in [-0.25, -0.2) is 9.97 Å². The first-order chi connectivity index (χ1) is 8.50. The molecule has 0 radical (unpaired) electrons. The predicted octanol–water partition coefficient (Wildman–Crippen LogP) is -0.390. The Morgan fingerprint density at radius 3 is 2.89 bits per heavy atom. The van der Waals surface area contributed by atoms with Crippen molar-refractivity contribution >= 4 is 23.2 Å². The molecule has 1 saturated heterocycles. The second kappa shape index (κ2) is 4.43. The van der Waals surface area contributed by atoms with E-state index in [4.69, 9.17) is 5.73 Å². The van der Waals surface area contributed by atoms with Gasteiger partial charge < -0.3 is 16.0 Å². The number of carbonyl (C=O) groups is 1. The summed E-state index contributed by atoms with van der Waals surface area (Å²) in [6, 6.07) is -0.511. The molecule has 1 aromatic rings. The topological polar surface area (TPSA) is 127 Å². The van der Waals surface area contributed by atoms with Crippen molar-refractivity contribution in [1.82, 2.24) is 14.9 Å². The van der Waals surface area contributed by atoms with E-state index >= 15 is 0 Å². The van der Waals surface area contributed by atoms with Gasteiger partial charge in [-0.2, -0.15) is 0 Å². The molecule has 2 rings (SSSR count). The van der Waals surface area contributed by atoms with E-state index in [0.717, 1.165) is 6.33 Å². The highest BCUT2D eigenvalue weighted by Crippen LogP contribution is 2.28. The number of likely N-dealkylation sites (tertiary alicyclic amines) is 1. The van der Waals surface area contributed by atoms with Gasteiger partial charge in [-0.3, -0.25) is 14.9 Å². The summed E-state index contributed by atoms with van der Waals surface area (Å²) in [5.41, 5.74) is 5.03. The number of amides is 1. The fourth-order valence-electron chi connectivity index (χ4n) is 1.80.